The van der Waals surface area contributed by atoms with E-state index in [1.165, 1.54) is 33.4 Å². The van der Waals surface area contributed by atoms with Crippen molar-refractivity contribution in [2.45, 2.75) is 13.8 Å². The first-order valence-corrected chi connectivity index (χ1v) is 22.5. The first-order valence-electron chi connectivity index (χ1n) is 22.5. The third kappa shape index (κ3) is 9.21. The lowest BCUT2D eigenvalue weighted by Gasteiger charge is -2.26. The monoisotopic (exact) mass is 850 g/mol. The van der Waals surface area contributed by atoms with Gasteiger partial charge in [-0.05, 0) is 145 Å². The van der Waals surface area contributed by atoms with E-state index in [2.05, 4.69) is 289 Å². The van der Waals surface area contributed by atoms with Crippen LogP contribution >= 0.6 is 0 Å². The van der Waals surface area contributed by atoms with E-state index in [-0.39, 0.29) is 0 Å². The third-order valence-electron chi connectivity index (χ3n) is 11.9. The largest absolute Gasteiger partial charge is 0.355 e. The van der Waals surface area contributed by atoms with Crippen molar-refractivity contribution >= 4 is 56.9 Å². The van der Waals surface area contributed by atoms with Crippen molar-refractivity contribution in [1.82, 2.24) is 0 Å². The van der Waals surface area contributed by atoms with Crippen molar-refractivity contribution < 1.29 is 0 Å². The zero-order valence-electron chi connectivity index (χ0n) is 37.1. The summed E-state index contributed by atoms with van der Waals surface area (Å²) >= 11 is 0. The Morgan fingerprint density at radius 3 is 0.939 bits per heavy atom. The summed E-state index contributed by atoms with van der Waals surface area (Å²) in [6.07, 6.45) is 0. The summed E-state index contributed by atoms with van der Waals surface area (Å²) in [6.45, 7) is 4.27. The summed E-state index contributed by atoms with van der Waals surface area (Å²) in [5.74, 6) is 0. The summed E-state index contributed by atoms with van der Waals surface area (Å²) in [4.78, 5) is 4.61. The number of hydrogen-bond acceptors (Lipinski definition) is 4. The number of rotatable bonds is 13. The molecule has 2 N–H and O–H groups in total. The SMILES string of the molecule is Cc1cccc(-c2ccccc2Nc2ccc(N(c3ccccc3)c3ccc(-c4ccc(N(c5ccccc5)c5ccc(Nc6ccccc6-c6cccc(C)c6)cc5)cc4)cc3)cc2)c1. The maximum absolute atomic E-state index is 3.68. The van der Waals surface area contributed by atoms with Crippen LogP contribution in [0.4, 0.5) is 56.9 Å². The number of anilines is 10. The van der Waals surface area contributed by atoms with Gasteiger partial charge < -0.3 is 20.4 Å². The van der Waals surface area contributed by atoms with Crippen LogP contribution in [0.3, 0.4) is 0 Å². The van der Waals surface area contributed by atoms with Crippen molar-refractivity contribution in [2.75, 3.05) is 20.4 Å². The highest BCUT2D eigenvalue weighted by molar-refractivity contribution is 5.85. The van der Waals surface area contributed by atoms with Crippen LogP contribution in [0.15, 0.2) is 255 Å². The molecule has 10 aromatic carbocycles. The molecule has 0 amide bonds. The summed E-state index contributed by atoms with van der Waals surface area (Å²) in [5.41, 5.74) is 20.3. The van der Waals surface area contributed by atoms with E-state index in [9.17, 15) is 0 Å². The van der Waals surface area contributed by atoms with Gasteiger partial charge in [0.25, 0.3) is 0 Å². The Balaban J connectivity index is 0.884. The average Bonchev–Trinajstić information content (AvgIpc) is 3.37. The fraction of sp³-hybridized carbons (Fsp3) is 0.0323. The molecule has 10 rings (SSSR count). The molecule has 0 saturated carbocycles. The van der Waals surface area contributed by atoms with Crippen LogP contribution in [0.1, 0.15) is 11.1 Å². The lowest BCUT2D eigenvalue weighted by atomic mass is 10.0. The number of benzene rings is 10. The Bertz CT molecular complexity index is 2960. The Morgan fingerprint density at radius 2 is 0.576 bits per heavy atom. The van der Waals surface area contributed by atoms with Gasteiger partial charge in [0.15, 0.2) is 0 Å². The molecule has 0 aromatic heterocycles. The zero-order valence-corrected chi connectivity index (χ0v) is 37.1. The first kappa shape index (κ1) is 41.4. The van der Waals surface area contributed by atoms with Gasteiger partial charge in [-0.25, -0.2) is 0 Å². The van der Waals surface area contributed by atoms with Crippen LogP contribution in [0.25, 0.3) is 33.4 Å². The van der Waals surface area contributed by atoms with Gasteiger partial charge in [0.2, 0.25) is 0 Å². The second-order valence-corrected chi connectivity index (χ2v) is 16.6. The van der Waals surface area contributed by atoms with Gasteiger partial charge in [-0.1, -0.05) is 157 Å². The molecule has 0 saturated heterocycles. The molecule has 0 heterocycles. The highest BCUT2D eigenvalue weighted by atomic mass is 15.1. The number of hydrogen-bond donors (Lipinski definition) is 2. The van der Waals surface area contributed by atoms with E-state index in [1.807, 2.05) is 0 Å². The van der Waals surface area contributed by atoms with Crippen LogP contribution in [0.5, 0.6) is 0 Å². The summed E-state index contributed by atoms with van der Waals surface area (Å²) in [6, 6.07) is 90.5. The fourth-order valence-electron chi connectivity index (χ4n) is 8.67. The molecule has 0 aliphatic rings. The van der Waals surface area contributed by atoms with Crippen molar-refractivity contribution in [3.63, 3.8) is 0 Å². The average molecular weight is 851 g/mol. The molecule has 0 radical (unpaired) electrons. The summed E-state index contributed by atoms with van der Waals surface area (Å²) < 4.78 is 0. The molecule has 0 unspecified atom stereocenters. The van der Waals surface area contributed by atoms with E-state index in [0.29, 0.717) is 0 Å². The smallest absolute Gasteiger partial charge is 0.0463 e. The lowest BCUT2D eigenvalue weighted by Crippen LogP contribution is -2.10. The number of aryl methyl sites for hydroxylation is 2. The van der Waals surface area contributed by atoms with E-state index in [0.717, 1.165) is 68.0 Å². The van der Waals surface area contributed by atoms with Gasteiger partial charge >= 0.3 is 0 Å². The molecule has 10 aromatic rings. The number of para-hydroxylation sites is 4. The quantitative estimate of drug-likeness (QED) is 0.121. The highest BCUT2D eigenvalue weighted by Gasteiger charge is 2.16. The van der Waals surface area contributed by atoms with Gasteiger partial charge in [0.05, 0.1) is 0 Å². The van der Waals surface area contributed by atoms with Gasteiger partial charge in [-0.3, -0.25) is 0 Å². The van der Waals surface area contributed by atoms with Gasteiger partial charge in [0, 0.05) is 68.0 Å². The van der Waals surface area contributed by atoms with Crippen LogP contribution in [0, 0.1) is 13.8 Å². The maximum Gasteiger partial charge on any atom is 0.0463 e. The molecule has 66 heavy (non-hydrogen) atoms. The number of nitrogens with zero attached hydrogens (tertiary/aromatic N) is 2. The van der Waals surface area contributed by atoms with Crippen LogP contribution in [0.2, 0.25) is 0 Å². The van der Waals surface area contributed by atoms with Gasteiger partial charge in [-0.2, -0.15) is 0 Å². The topological polar surface area (TPSA) is 30.5 Å². The highest BCUT2D eigenvalue weighted by Crippen LogP contribution is 2.40. The second kappa shape index (κ2) is 19.0. The standard InChI is InChI=1S/C62H50N4/c1-45-15-13-17-49(43-45)59-23-9-11-25-61(59)63-51-31-39-57(40-32-51)65(53-19-5-3-6-20-53)55-35-27-47(28-36-55)48-29-37-56(38-30-48)66(54-21-7-4-8-22-54)58-41-33-52(34-42-58)64-62-26-12-10-24-60(62)50-18-14-16-46(2)44-50/h3-44,63-64H,1-2H3. The van der Waals surface area contributed by atoms with Crippen LogP contribution in [-0.2, 0) is 0 Å². The van der Waals surface area contributed by atoms with Crippen molar-refractivity contribution in [1.29, 1.82) is 0 Å². The van der Waals surface area contributed by atoms with Gasteiger partial charge in [0.1, 0.15) is 0 Å². The molecule has 318 valence electrons. The van der Waals surface area contributed by atoms with Crippen LogP contribution in [-0.4, -0.2) is 0 Å². The Hall–Kier alpha value is -8.60. The molecule has 4 heteroatoms. The normalized spacial score (nSPS) is 10.9. The summed E-state index contributed by atoms with van der Waals surface area (Å²) in [7, 11) is 0. The molecular formula is C62H50N4. The predicted octanol–water partition coefficient (Wildman–Crippen LogP) is 17.7. The van der Waals surface area contributed by atoms with Crippen LogP contribution < -0.4 is 20.4 Å². The molecule has 0 bridgehead atoms. The van der Waals surface area contributed by atoms with Crippen molar-refractivity contribution in [3.05, 3.63) is 266 Å². The van der Waals surface area contributed by atoms with E-state index >= 15 is 0 Å². The minimum Gasteiger partial charge on any atom is -0.355 e. The second-order valence-electron chi connectivity index (χ2n) is 16.6. The Morgan fingerprint density at radius 1 is 0.258 bits per heavy atom. The molecule has 0 aliphatic carbocycles. The van der Waals surface area contributed by atoms with E-state index < -0.39 is 0 Å². The fourth-order valence-corrected chi connectivity index (χ4v) is 8.67. The van der Waals surface area contributed by atoms with E-state index in [1.54, 1.807) is 0 Å². The Labute approximate surface area is 388 Å². The van der Waals surface area contributed by atoms with Crippen molar-refractivity contribution in [2.24, 2.45) is 0 Å². The predicted molar refractivity (Wildman–Crippen MR) is 281 cm³/mol. The molecule has 0 atom stereocenters. The zero-order chi connectivity index (χ0) is 44.7. The molecule has 0 aliphatic heterocycles. The van der Waals surface area contributed by atoms with E-state index in [4.69, 9.17) is 0 Å². The first-order chi connectivity index (χ1) is 32.5. The molecule has 4 nitrogen and oxygen atoms in total. The molecule has 0 spiro atoms. The van der Waals surface area contributed by atoms with Gasteiger partial charge in [-0.15, -0.1) is 0 Å². The maximum atomic E-state index is 3.68. The molecule has 0 fully saturated rings. The molecular weight excluding hydrogens is 801 g/mol. The third-order valence-corrected chi connectivity index (χ3v) is 11.9. The summed E-state index contributed by atoms with van der Waals surface area (Å²) in [5, 5.41) is 7.37. The van der Waals surface area contributed by atoms with Crippen molar-refractivity contribution in [3.8, 4) is 33.4 Å². The minimum absolute atomic E-state index is 1.03. The number of nitrogens with one attached hydrogen (secondary N) is 2. The minimum atomic E-state index is 1.03. The Kier molecular flexibility index (Phi) is 11.9. The lowest BCUT2D eigenvalue weighted by molar-refractivity contribution is 1.28.